The number of carbonyl (C=O) groups excluding carboxylic acids is 3. The van der Waals surface area contributed by atoms with Gasteiger partial charge in [0.25, 0.3) is 0 Å². The number of amides is 2. The van der Waals surface area contributed by atoms with Gasteiger partial charge in [-0.15, -0.1) is 11.8 Å². The van der Waals surface area contributed by atoms with Crippen LogP contribution in [-0.2, 0) is 19.1 Å². The van der Waals surface area contributed by atoms with E-state index in [0.29, 0.717) is 12.8 Å². The van der Waals surface area contributed by atoms with Gasteiger partial charge in [-0.25, -0.2) is 0 Å². The fourth-order valence-corrected chi connectivity index (χ4v) is 7.97. The summed E-state index contributed by atoms with van der Waals surface area (Å²) in [5.41, 5.74) is 2.69. The Morgan fingerprint density at radius 3 is 2.75 bits per heavy atom. The highest BCUT2D eigenvalue weighted by atomic mass is 32.2. The minimum atomic E-state index is -0.744. The van der Waals surface area contributed by atoms with Crippen LogP contribution >= 0.6 is 11.8 Å². The minimum absolute atomic E-state index is 0.0182. The fraction of sp³-hybridized carbons (Fsp3) is 0.625. The number of aryl methyl sites for hydroxylation is 2. The Balaban J connectivity index is 1.75. The van der Waals surface area contributed by atoms with Crippen LogP contribution in [0.4, 0.5) is 5.69 Å². The van der Waals surface area contributed by atoms with Gasteiger partial charge in [-0.3, -0.25) is 14.4 Å². The van der Waals surface area contributed by atoms with Crippen LogP contribution in [0, 0.1) is 25.7 Å². The van der Waals surface area contributed by atoms with E-state index in [-0.39, 0.29) is 36.2 Å². The Labute approximate surface area is 193 Å². The van der Waals surface area contributed by atoms with Crippen LogP contribution in [0.1, 0.15) is 44.2 Å². The zero-order valence-corrected chi connectivity index (χ0v) is 19.9. The van der Waals surface area contributed by atoms with E-state index in [1.54, 1.807) is 23.6 Å². The molecule has 7 nitrogen and oxygen atoms in total. The average Bonchev–Trinajstić information content (AvgIpc) is 3.40. The predicted molar refractivity (Wildman–Crippen MR) is 123 cm³/mol. The van der Waals surface area contributed by atoms with Crippen molar-refractivity contribution in [3.63, 3.8) is 0 Å². The molecule has 2 unspecified atom stereocenters. The number of carbonyl (C=O) groups is 3. The van der Waals surface area contributed by atoms with Gasteiger partial charge in [0.1, 0.15) is 6.04 Å². The SMILES string of the molecule is CCOC(=O)[C@@H]1[C@@H]2CCC3(S2)C(C(=O)Nc2cc(C)ccc2C)N([C@@H](CC)CO)C(=O)[C@H]13. The summed E-state index contributed by atoms with van der Waals surface area (Å²) in [4.78, 5) is 41.9. The van der Waals surface area contributed by atoms with Crippen LogP contribution in [0.3, 0.4) is 0 Å². The van der Waals surface area contributed by atoms with Crippen LogP contribution in [0.15, 0.2) is 18.2 Å². The molecule has 174 valence electrons. The molecule has 3 aliphatic rings. The van der Waals surface area contributed by atoms with Crippen molar-refractivity contribution >= 4 is 35.2 Å². The lowest BCUT2D eigenvalue weighted by molar-refractivity contribution is -0.154. The van der Waals surface area contributed by atoms with Crippen molar-refractivity contribution in [2.24, 2.45) is 11.8 Å². The molecule has 3 saturated heterocycles. The highest BCUT2D eigenvalue weighted by molar-refractivity contribution is 8.02. The molecule has 2 amide bonds. The lowest BCUT2D eigenvalue weighted by atomic mass is 9.71. The second-order valence-corrected chi connectivity index (χ2v) is 10.7. The molecule has 2 bridgehead atoms. The van der Waals surface area contributed by atoms with Crippen LogP contribution in [0.2, 0.25) is 0 Å². The Hall–Kier alpha value is -2.06. The molecule has 3 heterocycles. The number of hydrogen-bond donors (Lipinski definition) is 2. The number of likely N-dealkylation sites (tertiary alicyclic amines) is 1. The van der Waals surface area contributed by atoms with E-state index in [4.69, 9.17) is 4.74 Å². The lowest BCUT2D eigenvalue weighted by Crippen LogP contribution is -2.54. The number of esters is 1. The topological polar surface area (TPSA) is 95.9 Å². The third-order valence-corrected chi connectivity index (χ3v) is 9.22. The molecule has 0 aromatic heterocycles. The molecular formula is C24H32N2O5S. The Kier molecular flexibility index (Phi) is 6.29. The summed E-state index contributed by atoms with van der Waals surface area (Å²) in [6.45, 7) is 7.59. The first-order valence-corrected chi connectivity index (χ1v) is 12.3. The largest absolute Gasteiger partial charge is 0.466 e. The van der Waals surface area contributed by atoms with E-state index >= 15 is 0 Å². The second kappa shape index (κ2) is 8.71. The normalized spacial score (nSPS) is 31.5. The molecule has 0 aliphatic carbocycles. The number of thioether (sulfide) groups is 1. The zero-order valence-electron chi connectivity index (χ0n) is 19.1. The van der Waals surface area contributed by atoms with Gasteiger partial charge in [0, 0.05) is 10.9 Å². The number of rotatable bonds is 7. The van der Waals surface area contributed by atoms with Gasteiger partial charge in [0.05, 0.1) is 35.8 Å². The monoisotopic (exact) mass is 460 g/mol. The first-order valence-electron chi connectivity index (χ1n) is 11.4. The van der Waals surface area contributed by atoms with Crippen molar-refractivity contribution in [2.45, 2.75) is 69.0 Å². The van der Waals surface area contributed by atoms with E-state index in [9.17, 15) is 19.5 Å². The van der Waals surface area contributed by atoms with E-state index < -0.39 is 28.7 Å². The molecule has 1 aromatic carbocycles. The van der Waals surface area contributed by atoms with Gasteiger partial charge in [-0.05, 0) is 57.2 Å². The van der Waals surface area contributed by atoms with E-state index in [1.807, 2.05) is 39.0 Å². The molecule has 2 N–H and O–H groups in total. The van der Waals surface area contributed by atoms with Crippen molar-refractivity contribution in [3.05, 3.63) is 29.3 Å². The molecule has 32 heavy (non-hydrogen) atoms. The molecule has 3 aliphatic heterocycles. The van der Waals surface area contributed by atoms with Gasteiger partial charge in [0.2, 0.25) is 11.8 Å². The van der Waals surface area contributed by atoms with E-state index in [0.717, 1.165) is 23.2 Å². The first-order chi connectivity index (χ1) is 15.3. The summed E-state index contributed by atoms with van der Waals surface area (Å²) in [5, 5.41) is 13.1. The molecule has 6 atom stereocenters. The van der Waals surface area contributed by atoms with E-state index in [2.05, 4.69) is 5.32 Å². The number of nitrogens with zero attached hydrogens (tertiary/aromatic N) is 1. The molecule has 1 spiro atoms. The maximum absolute atomic E-state index is 13.8. The molecule has 4 rings (SSSR count). The summed E-state index contributed by atoms with van der Waals surface area (Å²) >= 11 is 1.61. The van der Waals surface area contributed by atoms with E-state index in [1.165, 1.54) is 0 Å². The summed E-state index contributed by atoms with van der Waals surface area (Å²) in [6.07, 6.45) is 1.99. The van der Waals surface area contributed by atoms with Crippen LogP contribution in [0.5, 0.6) is 0 Å². The molecule has 8 heteroatoms. The van der Waals surface area contributed by atoms with Crippen molar-refractivity contribution in [3.8, 4) is 0 Å². The number of benzene rings is 1. The molecule has 3 fully saturated rings. The van der Waals surface area contributed by atoms with Crippen molar-refractivity contribution in [1.29, 1.82) is 0 Å². The quantitative estimate of drug-likeness (QED) is 0.608. The third kappa shape index (κ3) is 3.43. The number of aliphatic hydroxyl groups excluding tert-OH is 1. The van der Waals surface area contributed by atoms with Crippen molar-refractivity contribution < 1.29 is 24.2 Å². The van der Waals surface area contributed by atoms with Gasteiger partial charge in [-0.1, -0.05) is 19.1 Å². The standard InChI is InChI=1S/C24H32N2O5S/c1-5-15(12-27)26-20(21(28)25-16-11-13(3)7-8-14(16)4)24-10-9-17(32-24)18(19(24)22(26)29)23(30)31-6-2/h7-8,11,15,17-20,27H,5-6,9-10,12H2,1-4H3,(H,25,28)/t15-,17-,18+,19-,20?,24?/m0/s1. The maximum atomic E-state index is 13.8. The van der Waals surface area contributed by atoms with Crippen molar-refractivity contribution in [1.82, 2.24) is 4.90 Å². The Morgan fingerprint density at radius 1 is 1.34 bits per heavy atom. The number of aliphatic hydroxyl groups is 1. The smallest absolute Gasteiger partial charge is 0.310 e. The van der Waals surface area contributed by atoms with Crippen LogP contribution in [-0.4, -0.2) is 63.1 Å². The summed E-state index contributed by atoms with van der Waals surface area (Å²) < 4.78 is 4.65. The van der Waals surface area contributed by atoms with Gasteiger partial charge in [-0.2, -0.15) is 0 Å². The number of anilines is 1. The molecule has 0 saturated carbocycles. The number of fused-ring (bicyclic) bond motifs is 1. The van der Waals surface area contributed by atoms with Gasteiger partial charge in [0.15, 0.2) is 0 Å². The molecular weight excluding hydrogens is 428 g/mol. The summed E-state index contributed by atoms with van der Waals surface area (Å²) in [7, 11) is 0. The van der Waals surface area contributed by atoms with Crippen LogP contribution < -0.4 is 5.32 Å². The first kappa shape index (κ1) is 23.1. The number of ether oxygens (including phenoxy) is 1. The number of hydrogen-bond acceptors (Lipinski definition) is 6. The fourth-order valence-electron chi connectivity index (χ4n) is 5.78. The maximum Gasteiger partial charge on any atom is 0.310 e. The van der Waals surface area contributed by atoms with Crippen LogP contribution in [0.25, 0.3) is 0 Å². The molecule has 1 aromatic rings. The van der Waals surface area contributed by atoms with Gasteiger partial charge < -0.3 is 20.1 Å². The minimum Gasteiger partial charge on any atom is -0.466 e. The molecule has 0 radical (unpaired) electrons. The van der Waals surface area contributed by atoms with Crippen molar-refractivity contribution in [2.75, 3.05) is 18.5 Å². The Morgan fingerprint density at radius 2 is 2.09 bits per heavy atom. The Bertz CT molecular complexity index is 933. The highest BCUT2D eigenvalue weighted by Crippen LogP contribution is 2.66. The third-order valence-electron chi connectivity index (χ3n) is 7.27. The summed E-state index contributed by atoms with van der Waals surface area (Å²) in [6, 6.07) is 4.65. The second-order valence-electron chi connectivity index (χ2n) is 9.11. The van der Waals surface area contributed by atoms with Gasteiger partial charge >= 0.3 is 5.97 Å². The predicted octanol–water partition coefficient (Wildman–Crippen LogP) is 2.67. The lowest BCUT2D eigenvalue weighted by Gasteiger charge is -2.36. The average molecular weight is 461 g/mol. The summed E-state index contributed by atoms with van der Waals surface area (Å²) in [5.74, 6) is -1.95. The number of nitrogens with one attached hydrogen (secondary N) is 1. The highest BCUT2D eigenvalue weighted by Gasteiger charge is 2.74. The zero-order chi connectivity index (χ0) is 23.2.